The summed E-state index contributed by atoms with van der Waals surface area (Å²) >= 11 is 0. The minimum Gasteiger partial charge on any atom is -0.497 e. The number of nitrogens with one attached hydrogen (secondary N) is 1. The molecule has 1 aromatic heterocycles. The van der Waals surface area contributed by atoms with Crippen molar-refractivity contribution in [2.45, 2.75) is 56.9 Å². The molecule has 6 rings (SSSR count). The first-order valence-electron chi connectivity index (χ1n) is 13.5. The van der Waals surface area contributed by atoms with E-state index in [0.29, 0.717) is 30.2 Å². The Morgan fingerprint density at radius 2 is 1.98 bits per heavy atom. The smallest absolute Gasteiger partial charge is 0.416 e. The molecule has 1 atom stereocenters. The highest BCUT2D eigenvalue weighted by Crippen LogP contribution is 2.43. The topological polar surface area (TPSA) is 81.5 Å². The molecule has 8 nitrogen and oxygen atoms in total. The van der Waals surface area contributed by atoms with Crippen LogP contribution in [-0.4, -0.2) is 46.5 Å². The van der Waals surface area contributed by atoms with Gasteiger partial charge in [0.2, 0.25) is 0 Å². The summed E-state index contributed by atoms with van der Waals surface area (Å²) in [6, 6.07) is 8.20. The molecule has 1 saturated heterocycles. The van der Waals surface area contributed by atoms with Gasteiger partial charge in [-0.3, -0.25) is 4.79 Å². The van der Waals surface area contributed by atoms with Crippen molar-refractivity contribution in [2.24, 2.45) is 13.0 Å². The zero-order chi connectivity index (χ0) is 28.2. The second-order valence-electron chi connectivity index (χ2n) is 11.4. The third-order valence-electron chi connectivity index (χ3n) is 8.56. The number of aromatic nitrogens is 3. The normalized spacial score (nSPS) is 19.2. The van der Waals surface area contributed by atoms with Gasteiger partial charge in [0, 0.05) is 42.4 Å². The van der Waals surface area contributed by atoms with E-state index in [1.807, 2.05) is 23.7 Å². The molecule has 1 N–H and O–H groups in total. The Hall–Kier alpha value is -3.44. The Bertz CT molecular complexity index is 1450. The molecule has 0 radical (unpaired) electrons. The number of hydrogen-bond acceptors (Lipinski definition) is 6. The van der Waals surface area contributed by atoms with Crippen LogP contribution in [0.4, 0.5) is 18.9 Å². The monoisotopic (exact) mass is 555 g/mol. The number of fused-ring (bicyclic) bond motifs is 1. The van der Waals surface area contributed by atoms with Crippen molar-refractivity contribution in [3.05, 3.63) is 70.3 Å². The molecule has 212 valence electrons. The van der Waals surface area contributed by atoms with Gasteiger partial charge in [0.05, 0.1) is 38.3 Å². The van der Waals surface area contributed by atoms with Gasteiger partial charge in [-0.25, -0.2) is 0 Å². The van der Waals surface area contributed by atoms with Crippen LogP contribution in [-0.2, 0) is 31.1 Å². The molecule has 1 aliphatic carbocycles. The zero-order valence-electron chi connectivity index (χ0n) is 22.7. The summed E-state index contributed by atoms with van der Waals surface area (Å²) in [6.07, 6.45) is 0.105. The molecular formula is C29H32F3N5O3. The number of carbonyl (C=O) groups excluding carboxylic acids is 1. The van der Waals surface area contributed by atoms with Gasteiger partial charge < -0.3 is 24.3 Å². The fraction of sp³-hybridized carbons (Fsp3) is 0.483. The lowest BCUT2D eigenvalue weighted by Crippen LogP contribution is -2.47. The van der Waals surface area contributed by atoms with Gasteiger partial charge in [-0.15, -0.1) is 10.2 Å². The highest BCUT2D eigenvalue weighted by Gasteiger charge is 2.41. The molecule has 2 fully saturated rings. The molecule has 1 amide bonds. The van der Waals surface area contributed by atoms with Crippen molar-refractivity contribution in [3.8, 4) is 5.75 Å². The highest BCUT2D eigenvalue weighted by molar-refractivity contribution is 6.10. The number of anilines is 1. The summed E-state index contributed by atoms with van der Waals surface area (Å²) in [5.41, 5.74) is 1.01. The van der Waals surface area contributed by atoms with Crippen molar-refractivity contribution in [1.29, 1.82) is 0 Å². The third-order valence-corrected chi connectivity index (χ3v) is 8.56. The predicted octanol–water partition coefficient (Wildman–Crippen LogP) is 4.81. The maximum Gasteiger partial charge on any atom is 0.416 e. The molecule has 2 aliphatic heterocycles. The van der Waals surface area contributed by atoms with E-state index < -0.39 is 17.6 Å². The molecule has 2 aromatic carbocycles. The van der Waals surface area contributed by atoms with Gasteiger partial charge in [-0.1, -0.05) is 0 Å². The molecule has 40 heavy (non-hydrogen) atoms. The largest absolute Gasteiger partial charge is 0.497 e. The Balaban J connectivity index is 1.37. The molecule has 1 saturated carbocycles. The maximum absolute atomic E-state index is 14.3. The van der Waals surface area contributed by atoms with Gasteiger partial charge in [-0.2, -0.15) is 13.2 Å². The standard InChI is InChI=1S/C29H32F3N5O3/c1-28(5-4-6-28)33-12-17-7-22-23(24(8-17)29(30,31)32)13-37(27(22)38)20-9-18(10-21(11-20)39-3)25(19-14-40-15-19)26-35-34-16-36(26)2/h7-11,16,19,25,33H,4-6,12-15H2,1-3H3/t25-/m0/s1. The summed E-state index contributed by atoms with van der Waals surface area (Å²) in [6.45, 7) is 3.26. The Kier molecular flexibility index (Phi) is 6.61. The average molecular weight is 556 g/mol. The van der Waals surface area contributed by atoms with E-state index >= 15 is 0 Å². The number of methoxy groups -OCH3 is 1. The Morgan fingerprint density at radius 1 is 1.20 bits per heavy atom. The fourth-order valence-corrected chi connectivity index (χ4v) is 5.94. The van der Waals surface area contributed by atoms with Crippen molar-refractivity contribution in [1.82, 2.24) is 20.1 Å². The fourth-order valence-electron chi connectivity index (χ4n) is 5.94. The lowest BCUT2D eigenvalue weighted by molar-refractivity contribution is -0.138. The van der Waals surface area contributed by atoms with Crippen LogP contribution in [0.5, 0.6) is 5.75 Å². The first kappa shape index (κ1) is 26.8. The SMILES string of the molecule is COc1cc([C@H](c2nncn2C)C2COC2)cc(N2Cc3c(cc(CNC4(C)CCC4)cc3C(F)(F)F)C2=O)c1. The van der Waals surface area contributed by atoms with Crippen LogP contribution in [0.25, 0.3) is 0 Å². The lowest BCUT2D eigenvalue weighted by Gasteiger charge is -2.39. The first-order valence-corrected chi connectivity index (χ1v) is 13.5. The van der Waals surface area contributed by atoms with Crippen LogP contribution in [0, 0.1) is 5.92 Å². The molecule has 3 aliphatic rings. The summed E-state index contributed by atoms with van der Waals surface area (Å²) in [5.74, 6) is 0.724. The summed E-state index contributed by atoms with van der Waals surface area (Å²) in [7, 11) is 3.39. The Labute approximate surface area is 230 Å². The molecule has 3 heterocycles. The number of hydrogen-bond donors (Lipinski definition) is 1. The molecule has 0 unspecified atom stereocenters. The molecular weight excluding hydrogens is 523 g/mol. The number of carbonyl (C=O) groups is 1. The number of ether oxygens (including phenoxy) is 2. The van der Waals surface area contributed by atoms with Crippen LogP contribution in [0.15, 0.2) is 36.7 Å². The van der Waals surface area contributed by atoms with Crippen LogP contribution in [0.1, 0.15) is 70.5 Å². The van der Waals surface area contributed by atoms with Crippen molar-refractivity contribution < 1.29 is 27.4 Å². The second kappa shape index (κ2) is 9.88. The molecule has 0 bridgehead atoms. The van der Waals surface area contributed by atoms with Gasteiger partial charge in [0.1, 0.15) is 17.9 Å². The molecule has 0 spiro atoms. The van der Waals surface area contributed by atoms with Gasteiger partial charge in [-0.05, 0) is 67.1 Å². The predicted molar refractivity (Wildman–Crippen MR) is 141 cm³/mol. The highest BCUT2D eigenvalue weighted by atomic mass is 19.4. The summed E-state index contributed by atoms with van der Waals surface area (Å²) in [4.78, 5) is 15.1. The number of nitrogens with zero attached hydrogens (tertiary/aromatic N) is 4. The number of halogens is 3. The Morgan fingerprint density at radius 3 is 2.55 bits per heavy atom. The maximum atomic E-state index is 14.3. The van der Waals surface area contributed by atoms with E-state index in [2.05, 4.69) is 22.4 Å². The molecule has 11 heteroatoms. The minimum atomic E-state index is -4.59. The van der Waals surface area contributed by atoms with Gasteiger partial charge in [0.15, 0.2) is 0 Å². The van der Waals surface area contributed by atoms with Gasteiger partial charge >= 0.3 is 6.18 Å². The van der Waals surface area contributed by atoms with Crippen LogP contribution in [0.3, 0.4) is 0 Å². The van der Waals surface area contributed by atoms with E-state index in [4.69, 9.17) is 9.47 Å². The van der Waals surface area contributed by atoms with Gasteiger partial charge in [0.25, 0.3) is 5.91 Å². The first-order chi connectivity index (χ1) is 19.1. The zero-order valence-corrected chi connectivity index (χ0v) is 22.7. The quantitative estimate of drug-likeness (QED) is 0.430. The number of amides is 1. The summed E-state index contributed by atoms with van der Waals surface area (Å²) in [5, 5.41) is 11.7. The number of aryl methyl sites for hydroxylation is 1. The van der Waals surface area contributed by atoms with E-state index in [-0.39, 0.29) is 41.6 Å². The van der Waals surface area contributed by atoms with E-state index in [0.717, 1.165) is 30.7 Å². The van der Waals surface area contributed by atoms with Crippen molar-refractivity contribution >= 4 is 11.6 Å². The lowest BCUT2D eigenvalue weighted by atomic mass is 9.78. The average Bonchev–Trinajstić information content (AvgIpc) is 3.45. The van der Waals surface area contributed by atoms with Crippen LogP contribution >= 0.6 is 0 Å². The summed E-state index contributed by atoms with van der Waals surface area (Å²) < 4.78 is 55.6. The van der Waals surface area contributed by atoms with E-state index in [9.17, 15) is 18.0 Å². The van der Waals surface area contributed by atoms with Crippen LogP contribution in [0.2, 0.25) is 0 Å². The number of benzene rings is 2. The minimum absolute atomic E-state index is 0.00211. The van der Waals surface area contributed by atoms with E-state index in [1.54, 1.807) is 18.5 Å². The molecule has 3 aromatic rings. The van der Waals surface area contributed by atoms with Crippen molar-refractivity contribution in [2.75, 3.05) is 25.2 Å². The van der Waals surface area contributed by atoms with Crippen LogP contribution < -0.4 is 15.0 Å². The van der Waals surface area contributed by atoms with Crippen molar-refractivity contribution in [3.63, 3.8) is 0 Å². The number of alkyl halides is 3. The third kappa shape index (κ3) is 4.75. The second-order valence-corrected chi connectivity index (χ2v) is 11.4. The van der Waals surface area contributed by atoms with E-state index in [1.165, 1.54) is 18.1 Å². The number of rotatable bonds is 8.